The molecule has 2 N–H and O–H groups in total. The maximum Gasteiger partial charge on any atom is 0.272 e. The summed E-state index contributed by atoms with van der Waals surface area (Å²) < 4.78 is 0. The van der Waals surface area contributed by atoms with Crippen molar-refractivity contribution in [2.45, 2.75) is 13.3 Å². The minimum atomic E-state index is -0.270. The lowest BCUT2D eigenvalue weighted by atomic mass is 10.0. The first-order valence-electron chi connectivity index (χ1n) is 7.83. The van der Waals surface area contributed by atoms with Crippen LogP contribution in [0.1, 0.15) is 29.3 Å². The Morgan fingerprint density at radius 3 is 2.42 bits per heavy atom. The lowest BCUT2D eigenvalue weighted by molar-refractivity contribution is 0.0956. The van der Waals surface area contributed by atoms with Crippen LogP contribution in [0.25, 0.3) is 10.8 Å². The highest BCUT2D eigenvalue weighted by Crippen LogP contribution is 2.19. The molecule has 0 aliphatic heterocycles. The quantitative estimate of drug-likeness (QED) is 0.562. The molecule has 0 heterocycles. The predicted molar refractivity (Wildman–Crippen MR) is 96.3 cm³/mol. The third kappa shape index (κ3) is 3.13. The number of nitrogens with zero attached hydrogens (tertiary/aromatic N) is 1. The highest BCUT2D eigenvalue weighted by atomic mass is 16.3. The van der Waals surface area contributed by atoms with E-state index in [9.17, 15) is 9.90 Å². The SMILES string of the molecule is CCC(=NNC(=O)c1cccc2ccccc12)c1ccccc1O. The van der Waals surface area contributed by atoms with Crippen LogP contribution in [-0.2, 0) is 0 Å². The minimum Gasteiger partial charge on any atom is -0.507 e. The van der Waals surface area contributed by atoms with Gasteiger partial charge in [0.2, 0.25) is 0 Å². The molecule has 24 heavy (non-hydrogen) atoms. The van der Waals surface area contributed by atoms with Gasteiger partial charge in [0.05, 0.1) is 5.71 Å². The molecule has 0 atom stereocenters. The summed E-state index contributed by atoms with van der Waals surface area (Å²) >= 11 is 0. The standard InChI is InChI=1S/C20H18N2O2/c1-2-18(17-11-5-6-13-19(17)23)21-22-20(24)16-12-7-9-14-8-3-4-10-15(14)16/h3-13,23H,2H2,1H3,(H,22,24). The summed E-state index contributed by atoms with van der Waals surface area (Å²) in [6.07, 6.45) is 0.591. The Balaban J connectivity index is 1.90. The van der Waals surface area contributed by atoms with Gasteiger partial charge in [-0.05, 0) is 35.4 Å². The Bertz CT molecular complexity index is 911. The average molecular weight is 318 g/mol. The molecule has 0 spiro atoms. The van der Waals surface area contributed by atoms with Crippen molar-refractivity contribution in [2.75, 3.05) is 0 Å². The highest BCUT2D eigenvalue weighted by molar-refractivity contribution is 6.08. The smallest absolute Gasteiger partial charge is 0.272 e. The van der Waals surface area contributed by atoms with E-state index in [4.69, 9.17) is 0 Å². The third-order valence-electron chi connectivity index (χ3n) is 3.88. The molecule has 0 saturated carbocycles. The Kier molecular flexibility index (Phi) is 4.57. The number of carbonyl (C=O) groups is 1. The number of para-hydroxylation sites is 1. The number of carbonyl (C=O) groups excluding carboxylic acids is 1. The molecule has 4 heteroatoms. The van der Waals surface area contributed by atoms with Crippen LogP contribution in [0.4, 0.5) is 0 Å². The Morgan fingerprint density at radius 2 is 1.62 bits per heavy atom. The van der Waals surface area contributed by atoms with Gasteiger partial charge in [-0.25, -0.2) is 5.43 Å². The van der Waals surface area contributed by atoms with Crippen molar-refractivity contribution in [3.63, 3.8) is 0 Å². The third-order valence-corrected chi connectivity index (χ3v) is 3.88. The summed E-state index contributed by atoms with van der Waals surface area (Å²) in [5, 5.41) is 16.0. The summed E-state index contributed by atoms with van der Waals surface area (Å²) in [7, 11) is 0. The Labute approximate surface area is 140 Å². The number of aromatic hydroxyl groups is 1. The van der Waals surface area contributed by atoms with Crippen LogP contribution in [0.5, 0.6) is 5.75 Å². The van der Waals surface area contributed by atoms with Crippen molar-refractivity contribution < 1.29 is 9.90 Å². The number of benzene rings is 3. The van der Waals surface area contributed by atoms with Crippen molar-refractivity contribution >= 4 is 22.4 Å². The average Bonchev–Trinajstić information content (AvgIpc) is 2.63. The first-order valence-corrected chi connectivity index (χ1v) is 7.83. The van der Waals surface area contributed by atoms with E-state index in [-0.39, 0.29) is 11.7 Å². The lowest BCUT2D eigenvalue weighted by Gasteiger charge is -2.08. The molecule has 0 bridgehead atoms. The van der Waals surface area contributed by atoms with Crippen LogP contribution in [-0.4, -0.2) is 16.7 Å². The number of rotatable bonds is 4. The number of hydrogen-bond acceptors (Lipinski definition) is 3. The molecule has 3 aromatic rings. The number of amides is 1. The molecular weight excluding hydrogens is 300 g/mol. The molecule has 0 aromatic heterocycles. The van der Waals surface area contributed by atoms with Gasteiger partial charge in [-0.1, -0.05) is 55.5 Å². The van der Waals surface area contributed by atoms with Crippen LogP contribution >= 0.6 is 0 Å². The number of phenolic OH excluding ortho intramolecular Hbond substituents is 1. The molecule has 0 fully saturated rings. The first kappa shape index (κ1) is 15.7. The second-order valence-electron chi connectivity index (χ2n) is 5.40. The summed E-state index contributed by atoms with van der Waals surface area (Å²) in [6, 6.07) is 20.3. The molecule has 0 aliphatic carbocycles. The van der Waals surface area contributed by atoms with E-state index >= 15 is 0 Å². The fraction of sp³-hybridized carbons (Fsp3) is 0.100. The summed E-state index contributed by atoms with van der Waals surface area (Å²) in [5.41, 5.74) is 4.43. The van der Waals surface area contributed by atoms with Crippen molar-refractivity contribution in [2.24, 2.45) is 5.10 Å². The zero-order valence-electron chi connectivity index (χ0n) is 13.4. The molecule has 3 aromatic carbocycles. The zero-order chi connectivity index (χ0) is 16.9. The molecular formula is C20H18N2O2. The molecule has 0 unspecified atom stereocenters. The van der Waals surface area contributed by atoms with Gasteiger partial charge in [-0.2, -0.15) is 5.10 Å². The van der Waals surface area contributed by atoms with E-state index in [1.807, 2.05) is 49.4 Å². The van der Waals surface area contributed by atoms with E-state index in [1.54, 1.807) is 24.3 Å². The fourth-order valence-corrected chi connectivity index (χ4v) is 2.65. The number of phenols is 1. The van der Waals surface area contributed by atoms with Gasteiger partial charge < -0.3 is 5.11 Å². The second kappa shape index (κ2) is 6.96. The fourth-order valence-electron chi connectivity index (χ4n) is 2.65. The molecule has 120 valence electrons. The zero-order valence-corrected chi connectivity index (χ0v) is 13.4. The molecule has 0 radical (unpaired) electrons. The molecule has 4 nitrogen and oxygen atoms in total. The highest BCUT2D eigenvalue weighted by Gasteiger charge is 2.11. The van der Waals surface area contributed by atoms with E-state index < -0.39 is 0 Å². The summed E-state index contributed by atoms with van der Waals surface area (Å²) in [5.74, 6) is -0.120. The van der Waals surface area contributed by atoms with E-state index in [1.165, 1.54) is 0 Å². The van der Waals surface area contributed by atoms with Gasteiger partial charge >= 0.3 is 0 Å². The summed E-state index contributed by atoms with van der Waals surface area (Å²) in [6.45, 7) is 1.93. The minimum absolute atomic E-state index is 0.150. The maximum absolute atomic E-state index is 12.5. The summed E-state index contributed by atoms with van der Waals surface area (Å²) in [4.78, 5) is 12.5. The predicted octanol–water partition coefficient (Wildman–Crippen LogP) is 4.09. The largest absolute Gasteiger partial charge is 0.507 e. The lowest BCUT2D eigenvalue weighted by Crippen LogP contribution is -2.20. The van der Waals surface area contributed by atoms with Crippen LogP contribution in [0.3, 0.4) is 0 Å². The number of fused-ring (bicyclic) bond motifs is 1. The van der Waals surface area contributed by atoms with Crippen LogP contribution in [0.2, 0.25) is 0 Å². The van der Waals surface area contributed by atoms with Crippen molar-refractivity contribution in [1.82, 2.24) is 5.43 Å². The Hall–Kier alpha value is -3.14. The monoisotopic (exact) mass is 318 g/mol. The van der Waals surface area contributed by atoms with E-state index in [0.717, 1.165) is 10.8 Å². The van der Waals surface area contributed by atoms with Crippen molar-refractivity contribution in [3.05, 3.63) is 77.9 Å². The Morgan fingerprint density at radius 1 is 0.958 bits per heavy atom. The molecule has 1 amide bonds. The second-order valence-corrected chi connectivity index (χ2v) is 5.40. The maximum atomic E-state index is 12.5. The van der Waals surface area contributed by atoms with Gasteiger partial charge in [-0.15, -0.1) is 0 Å². The van der Waals surface area contributed by atoms with Gasteiger partial charge in [0.25, 0.3) is 5.91 Å². The topological polar surface area (TPSA) is 61.7 Å². The van der Waals surface area contributed by atoms with Crippen LogP contribution in [0.15, 0.2) is 71.8 Å². The van der Waals surface area contributed by atoms with Crippen molar-refractivity contribution in [3.8, 4) is 5.75 Å². The molecule has 0 aliphatic rings. The normalized spacial score (nSPS) is 11.5. The van der Waals surface area contributed by atoms with Gasteiger partial charge in [-0.3, -0.25) is 4.79 Å². The van der Waals surface area contributed by atoms with Gasteiger partial charge in [0, 0.05) is 11.1 Å². The first-order chi connectivity index (χ1) is 11.7. The van der Waals surface area contributed by atoms with Crippen LogP contribution in [0, 0.1) is 0 Å². The van der Waals surface area contributed by atoms with Crippen molar-refractivity contribution in [1.29, 1.82) is 0 Å². The van der Waals surface area contributed by atoms with Gasteiger partial charge in [0.1, 0.15) is 5.75 Å². The van der Waals surface area contributed by atoms with E-state index in [0.29, 0.717) is 23.3 Å². The number of hydrogen-bond donors (Lipinski definition) is 2. The van der Waals surface area contributed by atoms with E-state index in [2.05, 4.69) is 10.5 Å². The van der Waals surface area contributed by atoms with Gasteiger partial charge in [0.15, 0.2) is 0 Å². The number of hydrazone groups is 1. The molecule has 0 saturated heterocycles. The number of nitrogens with one attached hydrogen (secondary N) is 1. The molecule has 3 rings (SSSR count). The van der Waals surface area contributed by atoms with Crippen LogP contribution < -0.4 is 5.43 Å².